The molecule has 1 N–H and O–H groups in total. The Kier molecular flexibility index (Phi) is 4.93. The van der Waals surface area contributed by atoms with E-state index in [1.54, 1.807) is 31.2 Å². The second-order valence-corrected chi connectivity index (χ2v) is 6.44. The topological polar surface area (TPSA) is 68.5 Å². The zero-order valence-electron chi connectivity index (χ0n) is 14.6. The first-order valence-corrected chi connectivity index (χ1v) is 8.69. The third-order valence-corrected chi connectivity index (χ3v) is 4.66. The van der Waals surface area contributed by atoms with Gasteiger partial charge in [0.25, 0.3) is 0 Å². The molecule has 1 aliphatic rings. The summed E-state index contributed by atoms with van der Waals surface area (Å²) < 4.78 is 7.13. The molecule has 0 unspecified atom stereocenters. The van der Waals surface area contributed by atoms with E-state index < -0.39 is 6.04 Å². The molecular formula is C20H23NO4. The number of esters is 1. The molecule has 3 rings (SSSR count). The Bertz CT molecular complexity index is 789. The number of hydrogen-bond acceptors (Lipinski definition) is 4. The van der Waals surface area contributed by atoms with Crippen molar-refractivity contribution in [3.63, 3.8) is 0 Å². The molecule has 25 heavy (non-hydrogen) atoms. The number of ether oxygens (including phenoxy) is 1. The van der Waals surface area contributed by atoms with Gasteiger partial charge in [-0.05, 0) is 56.0 Å². The minimum atomic E-state index is -0.588. The standard InChI is InChI=1S/C20H23NO4/c1-3-25-20(24)17(12-14-7-9-16(22)10-8-14)21-13(2)11-15-5-4-6-18(23)19(15)21/h7-11,17,22H,3-6,12H2,1-2H3/t17-/m0/s1. The molecule has 1 aliphatic carbocycles. The molecule has 132 valence electrons. The van der Waals surface area contributed by atoms with Gasteiger partial charge in [-0.15, -0.1) is 0 Å². The number of hydrogen-bond donors (Lipinski definition) is 1. The molecule has 0 saturated carbocycles. The van der Waals surface area contributed by atoms with Crippen LogP contribution in [0.2, 0.25) is 0 Å². The molecule has 0 amide bonds. The molecule has 0 saturated heterocycles. The number of phenols is 1. The quantitative estimate of drug-likeness (QED) is 0.847. The highest BCUT2D eigenvalue weighted by Crippen LogP contribution is 2.30. The molecule has 1 aromatic carbocycles. The number of rotatable bonds is 5. The van der Waals surface area contributed by atoms with Gasteiger partial charge < -0.3 is 14.4 Å². The maximum atomic E-state index is 12.7. The third-order valence-electron chi connectivity index (χ3n) is 4.66. The number of ketones is 1. The Balaban J connectivity index is 2.03. The Hall–Kier alpha value is -2.56. The highest BCUT2D eigenvalue weighted by atomic mass is 16.5. The molecule has 5 nitrogen and oxygen atoms in total. The van der Waals surface area contributed by atoms with Crippen molar-refractivity contribution in [3.8, 4) is 5.75 Å². The summed E-state index contributed by atoms with van der Waals surface area (Å²) in [6.45, 7) is 3.99. The summed E-state index contributed by atoms with van der Waals surface area (Å²) in [4.78, 5) is 25.1. The molecule has 0 radical (unpaired) electrons. The number of aromatic hydroxyl groups is 1. The van der Waals surface area contributed by atoms with Crippen molar-refractivity contribution in [3.05, 3.63) is 52.8 Å². The van der Waals surface area contributed by atoms with E-state index in [2.05, 4.69) is 0 Å². The van der Waals surface area contributed by atoms with E-state index in [0.29, 0.717) is 25.1 Å². The smallest absolute Gasteiger partial charge is 0.329 e. The highest BCUT2D eigenvalue weighted by Gasteiger charge is 2.31. The lowest BCUT2D eigenvalue weighted by molar-refractivity contribution is -0.147. The van der Waals surface area contributed by atoms with Crippen LogP contribution in [0.15, 0.2) is 30.3 Å². The second kappa shape index (κ2) is 7.13. The highest BCUT2D eigenvalue weighted by molar-refractivity contribution is 5.98. The van der Waals surface area contributed by atoms with Crippen LogP contribution in [0.1, 0.15) is 53.1 Å². The first-order chi connectivity index (χ1) is 12.0. The molecule has 1 heterocycles. The number of fused-ring (bicyclic) bond motifs is 1. The minimum Gasteiger partial charge on any atom is -0.508 e. The van der Waals surface area contributed by atoms with Gasteiger partial charge in [-0.25, -0.2) is 4.79 Å². The van der Waals surface area contributed by atoms with Crippen molar-refractivity contribution in [1.82, 2.24) is 4.57 Å². The lowest BCUT2D eigenvalue weighted by atomic mass is 9.96. The first kappa shape index (κ1) is 17.3. The third kappa shape index (κ3) is 3.45. The lowest BCUT2D eigenvalue weighted by Gasteiger charge is -2.23. The second-order valence-electron chi connectivity index (χ2n) is 6.44. The molecule has 0 spiro atoms. The number of aryl methyl sites for hydroxylation is 2. The molecule has 0 bridgehead atoms. The van der Waals surface area contributed by atoms with E-state index in [-0.39, 0.29) is 17.5 Å². The summed E-state index contributed by atoms with van der Waals surface area (Å²) >= 11 is 0. The predicted octanol–water partition coefficient (Wildman–Crippen LogP) is 3.37. The molecule has 5 heteroatoms. The zero-order chi connectivity index (χ0) is 18.0. The SMILES string of the molecule is CCOC(=O)[C@H](Cc1ccc(O)cc1)n1c(C)cc2c1C(=O)CCC2. The predicted molar refractivity (Wildman–Crippen MR) is 93.9 cm³/mol. The summed E-state index contributed by atoms with van der Waals surface area (Å²) in [5.74, 6) is -0.0639. The van der Waals surface area contributed by atoms with Crippen LogP contribution in [-0.4, -0.2) is 28.0 Å². The fourth-order valence-electron chi connectivity index (χ4n) is 3.56. The number of nitrogens with zero attached hydrogens (tertiary/aromatic N) is 1. The summed E-state index contributed by atoms with van der Waals surface area (Å²) in [5.41, 5.74) is 3.48. The van der Waals surface area contributed by atoms with Crippen LogP contribution < -0.4 is 0 Å². The molecule has 2 aromatic rings. The van der Waals surface area contributed by atoms with Crippen molar-refractivity contribution >= 4 is 11.8 Å². The first-order valence-electron chi connectivity index (χ1n) is 8.69. The van der Waals surface area contributed by atoms with Crippen molar-refractivity contribution in [2.24, 2.45) is 0 Å². The molecular weight excluding hydrogens is 318 g/mol. The van der Waals surface area contributed by atoms with E-state index in [9.17, 15) is 14.7 Å². The van der Waals surface area contributed by atoms with Gasteiger partial charge in [0.15, 0.2) is 5.78 Å². The number of Topliss-reactive ketones (excluding diaryl/α,β-unsaturated/α-hetero) is 1. The average molecular weight is 341 g/mol. The van der Waals surface area contributed by atoms with Gasteiger partial charge in [0.2, 0.25) is 0 Å². The number of carbonyl (C=O) groups excluding carboxylic acids is 2. The van der Waals surface area contributed by atoms with Crippen LogP contribution in [0.5, 0.6) is 5.75 Å². The van der Waals surface area contributed by atoms with Crippen LogP contribution in [0.25, 0.3) is 0 Å². The van der Waals surface area contributed by atoms with Gasteiger partial charge in [-0.3, -0.25) is 4.79 Å². The van der Waals surface area contributed by atoms with Crippen molar-refractivity contribution in [2.75, 3.05) is 6.61 Å². The number of benzene rings is 1. The largest absolute Gasteiger partial charge is 0.508 e. The van der Waals surface area contributed by atoms with E-state index in [1.165, 1.54) is 0 Å². The fraction of sp³-hybridized carbons (Fsp3) is 0.400. The minimum absolute atomic E-state index is 0.0920. The number of aromatic nitrogens is 1. The van der Waals surface area contributed by atoms with Crippen LogP contribution in [0.4, 0.5) is 0 Å². The van der Waals surface area contributed by atoms with Crippen LogP contribution in [0, 0.1) is 6.92 Å². The monoisotopic (exact) mass is 341 g/mol. The van der Waals surface area contributed by atoms with Crippen molar-refractivity contribution in [2.45, 2.75) is 45.6 Å². The molecule has 0 fully saturated rings. The summed E-state index contributed by atoms with van der Waals surface area (Å²) in [7, 11) is 0. The Labute approximate surface area is 147 Å². The normalized spacial score (nSPS) is 14.9. The van der Waals surface area contributed by atoms with Gasteiger partial charge in [0.1, 0.15) is 11.8 Å². The lowest BCUT2D eigenvalue weighted by Crippen LogP contribution is -2.28. The van der Waals surface area contributed by atoms with E-state index >= 15 is 0 Å². The van der Waals surface area contributed by atoms with Gasteiger partial charge in [0.05, 0.1) is 12.3 Å². The number of carbonyl (C=O) groups is 2. The molecule has 1 atom stereocenters. The van der Waals surface area contributed by atoms with Crippen molar-refractivity contribution < 1.29 is 19.4 Å². The zero-order valence-corrected chi connectivity index (χ0v) is 14.6. The van der Waals surface area contributed by atoms with Crippen LogP contribution in [0.3, 0.4) is 0 Å². The summed E-state index contributed by atoms with van der Waals surface area (Å²) in [6.07, 6.45) is 2.65. The van der Waals surface area contributed by atoms with Crippen molar-refractivity contribution in [1.29, 1.82) is 0 Å². The maximum Gasteiger partial charge on any atom is 0.329 e. The Morgan fingerprint density at radius 3 is 2.68 bits per heavy atom. The fourth-order valence-corrected chi connectivity index (χ4v) is 3.56. The van der Waals surface area contributed by atoms with E-state index in [4.69, 9.17) is 4.74 Å². The average Bonchev–Trinajstić information content (AvgIpc) is 2.92. The van der Waals surface area contributed by atoms with E-state index in [0.717, 1.165) is 29.7 Å². The summed E-state index contributed by atoms with van der Waals surface area (Å²) in [5, 5.41) is 9.46. The number of phenolic OH excluding ortho intramolecular Hbond substituents is 1. The van der Waals surface area contributed by atoms with Gasteiger partial charge in [0, 0.05) is 18.5 Å². The van der Waals surface area contributed by atoms with Crippen LogP contribution >= 0.6 is 0 Å². The Morgan fingerprint density at radius 2 is 2.00 bits per heavy atom. The summed E-state index contributed by atoms with van der Waals surface area (Å²) in [6, 6.07) is 8.19. The van der Waals surface area contributed by atoms with Crippen LogP contribution in [-0.2, 0) is 22.4 Å². The van der Waals surface area contributed by atoms with Gasteiger partial charge in [-0.2, -0.15) is 0 Å². The van der Waals surface area contributed by atoms with Gasteiger partial charge in [-0.1, -0.05) is 12.1 Å². The Morgan fingerprint density at radius 1 is 1.28 bits per heavy atom. The molecule has 1 aromatic heterocycles. The maximum absolute atomic E-state index is 12.7. The van der Waals surface area contributed by atoms with Gasteiger partial charge >= 0.3 is 5.97 Å². The van der Waals surface area contributed by atoms with E-state index in [1.807, 2.05) is 17.6 Å². The molecule has 0 aliphatic heterocycles.